The van der Waals surface area contributed by atoms with Crippen molar-refractivity contribution in [2.24, 2.45) is 0 Å². The fourth-order valence-electron chi connectivity index (χ4n) is 5.50. The van der Waals surface area contributed by atoms with Crippen LogP contribution in [0, 0.1) is 0 Å². The highest BCUT2D eigenvalue weighted by Crippen LogP contribution is 2.54. The molecule has 0 radical (unpaired) electrons. The highest BCUT2D eigenvalue weighted by Gasteiger charge is 2.49. The van der Waals surface area contributed by atoms with Crippen LogP contribution in [0.5, 0.6) is 23.0 Å². The Morgan fingerprint density at radius 2 is 1.69 bits per heavy atom. The summed E-state index contributed by atoms with van der Waals surface area (Å²) < 4.78 is 23.7. The quantitative estimate of drug-likeness (QED) is 0.680. The first kappa shape index (κ1) is 14.7. The lowest BCUT2D eigenvalue weighted by Gasteiger charge is -2.51. The lowest BCUT2D eigenvalue weighted by Crippen LogP contribution is -2.54. The van der Waals surface area contributed by atoms with Crippen LogP contribution < -0.4 is 18.9 Å². The summed E-state index contributed by atoms with van der Waals surface area (Å²) in [5.41, 5.74) is 5.54. The molecule has 0 aromatic heterocycles. The molecular weight excluding hydrogens is 330 g/mol. The molecule has 2 aromatic carbocycles. The van der Waals surface area contributed by atoms with E-state index in [-0.39, 0.29) is 0 Å². The van der Waals surface area contributed by atoms with Gasteiger partial charge in [-0.25, -0.2) is 0 Å². The number of hydrogen-bond acceptors (Lipinski definition) is 4. The third-order valence-corrected chi connectivity index (χ3v) is 6.68. The molecule has 0 aliphatic carbocycles. The van der Waals surface area contributed by atoms with Gasteiger partial charge in [0.15, 0.2) is 23.0 Å². The Morgan fingerprint density at radius 3 is 2.58 bits per heavy atom. The summed E-state index contributed by atoms with van der Waals surface area (Å²) in [4.78, 5) is 0. The monoisotopic (exact) mass is 352 g/mol. The molecule has 26 heavy (non-hydrogen) atoms. The molecule has 5 heteroatoms. The van der Waals surface area contributed by atoms with Crippen LogP contribution >= 0.6 is 0 Å². The van der Waals surface area contributed by atoms with Gasteiger partial charge in [-0.2, -0.15) is 0 Å². The Labute approximate surface area is 152 Å². The van der Waals surface area contributed by atoms with Gasteiger partial charge in [0, 0.05) is 17.9 Å². The SMILES string of the molecule is CC1c2ccc3c(c2C[N+]2(C)CCc4cc5c(cc4C12)OCO5)OCO3. The molecule has 4 aliphatic rings. The van der Waals surface area contributed by atoms with Crippen LogP contribution in [0.15, 0.2) is 24.3 Å². The van der Waals surface area contributed by atoms with Gasteiger partial charge in [0.05, 0.1) is 19.2 Å². The maximum Gasteiger partial charge on any atom is 0.231 e. The van der Waals surface area contributed by atoms with Crippen LogP contribution in [0.2, 0.25) is 0 Å². The molecule has 0 N–H and O–H groups in total. The first-order valence-electron chi connectivity index (χ1n) is 9.32. The zero-order chi connectivity index (χ0) is 17.5. The van der Waals surface area contributed by atoms with Crippen LogP contribution in [0.25, 0.3) is 0 Å². The molecule has 0 saturated carbocycles. The summed E-state index contributed by atoms with van der Waals surface area (Å²) in [5.74, 6) is 4.04. The lowest BCUT2D eigenvalue weighted by atomic mass is 9.75. The molecule has 3 atom stereocenters. The second kappa shape index (κ2) is 4.86. The standard InChI is InChI=1S/C21H22NO4/c1-12-14-3-4-17-21(26-11-23-17)16(14)9-22(2)6-5-13-7-18-19(25-10-24-18)8-15(13)20(12)22/h3-4,7-8,12,20H,5-6,9-11H2,1-2H3/q+1. The maximum absolute atomic E-state index is 5.83. The molecule has 0 spiro atoms. The molecule has 4 heterocycles. The van der Waals surface area contributed by atoms with Crippen LogP contribution in [-0.4, -0.2) is 31.7 Å². The van der Waals surface area contributed by atoms with Crippen molar-refractivity contribution in [3.05, 3.63) is 46.5 Å². The second-order valence-corrected chi connectivity index (χ2v) is 8.12. The van der Waals surface area contributed by atoms with Crippen molar-refractivity contribution in [1.82, 2.24) is 0 Å². The van der Waals surface area contributed by atoms with Gasteiger partial charge in [0.1, 0.15) is 12.6 Å². The molecule has 3 unspecified atom stereocenters. The van der Waals surface area contributed by atoms with Crippen LogP contribution in [0.3, 0.4) is 0 Å². The third kappa shape index (κ3) is 1.79. The molecule has 0 fully saturated rings. The fraction of sp³-hybridized carbons (Fsp3) is 0.429. The van der Waals surface area contributed by atoms with E-state index in [0.29, 0.717) is 25.5 Å². The molecule has 5 nitrogen and oxygen atoms in total. The van der Waals surface area contributed by atoms with Gasteiger partial charge in [0.2, 0.25) is 13.6 Å². The molecule has 0 amide bonds. The van der Waals surface area contributed by atoms with Crippen LogP contribution in [0.4, 0.5) is 0 Å². The van der Waals surface area contributed by atoms with Gasteiger partial charge in [-0.15, -0.1) is 0 Å². The minimum absolute atomic E-state index is 0.330. The minimum atomic E-state index is 0.330. The number of ether oxygens (including phenoxy) is 4. The van der Waals surface area contributed by atoms with E-state index in [9.17, 15) is 0 Å². The number of quaternary nitrogens is 1. The average molecular weight is 352 g/mol. The molecule has 2 aromatic rings. The van der Waals surface area contributed by atoms with Crippen molar-refractivity contribution in [3.63, 3.8) is 0 Å². The van der Waals surface area contributed by atoms with E-state index in [1.807, 2.05) is 0 Å². The van der Waals surface area contributed by atoms with E-state index in [2.05, 4.69) is 38.2 Å². The first-order valence-corrected chi connectivity index (χ1v) is 9.32. The number of rotatable bonds is 0. The van der Waals surface area contributed by atoms with Gasteiger partial charge in [-0.3, -0.25) is 0 Å². The van der Waals surface area contributed by atoms with Gasteiger partial charge in [-0.1, -0.05) is 13.0 Å². The second-order valence-electron chi connectivity index (χ2n) is 8.12. The van der Waals surface area contributed by atoms with Gasteiger partial charge < -0.3 is 23.4 Å². The summed E-state index contributed by atoms with van der Waals surface area (Å²) in [6.45, 7) is 5.11. The highest BCUT2D eigenvalue weighted by molar-refractivity contribution is 5.56. The number of hydrogen-bond donors (Lipinski definition) is 0. The summed E-state index contributed by atoms with van der Waals surface area (Å²) in [5, 5.41) is 0. The van der Waals surface area contributed by atoms with E-state index in [0.717, 1.165) is 47.0 Å². The number of likely N-dealkylation sites (N-methyl/N-ethyl adjacent to an activating group) is 1. The molecule has 4 aliphatic heterocycles. The zero-order valence-electron chi connectivity index (χ0n) is 15.1. The van der Waals surface area contributed by atoms with E-state index in [4.69, 9.17) is 18.9 Å². The van der Waals surface area contributed by atoms with Gasteiger partial charge in [0.25, 0.3) is 0 Å². The summed E-state index contributed by atoms with van der Waals surface area (Å²) in [7, 11) is 2.38. The summed E-state index contributed by atoms with van der Waals surface area (Å²) in [6.07, 6.45) is 1.06. The molecule has 6 rings (SSSR count). The number of benzene rings is 2. The largest absolute Gasteiger partial charge is 0.454 e. The van der Waals surface area contributed by atoms with Crippen molar-refractivity contribution in [2.45, 2.75) is 31.8 Å². The predicted molar refractivity (Wildman–Crippen MR) is 94.7 cm³/mol. The van der Waals surface area contributed by atoms with Crippen molar-refractivity contribution in [1.29, 1.82) is 0 Å². The molecule has 134 valence electrons. The Balaban J connectivity index is 1.53. The lowest BCUT2D eigenvalue weighted by molar-refractivity contribution is -0.957. The zero-order valence-corrected chi connectivity index (χ0v) is 15.1. The van der Waals surface area contributed by atoms with Crippen molar-refractivity contribution in [2.75, 3.05) is 27.2 Å². The fourth-order valence-corrected chi connectivity index (χ4v) is 5.50. The average Bonchev–Trinajstić information content (AvgIpc) is 3.28. The van der Waals surface area contributed by atoms with Crippen LogP contribution in [0.1, 0.15) is 41.1 Å². The third-order valence-electron chi connectivity index (χ3n) is 6.68. The summed E-state index contributed by atoms with van der Waals surface area (Å²) in [6, 6.07) is 9.14. The molecule has 0 saturated heterocycles. The van der Waals surface area contributed by atoms with E-state index < -0.39 is 0 Å². The Kier molecular flexibility index (Phi) is 2.75. The Morgan fingerprint density at radius 1 is 0.923 bits per heavy atom. The molecular formula is C21H22NO4+. The summed E-state index contributed by atoms with van der Waals surface area (Å²) >= 11 is 0. The van der Waals surface area contributed by atoms with Crippen molar-refractivity contribution >= 4 is 0 Å². The maximum atomic E-state index is 5.83. The van der Waals surface area contributed by atoms with Crippen molar-refractivity contribution in [3.8, 4) is 23.0 Å². The predicted octanol–water partition coefficient (Wildman–Crippen LogP) is 3.51. The van der Waals surface area contributed by atoms with E-state index in [1.165, 1.54) is 22.3 Å². The number of fused-ring (bicyclic) bond motifs is 7. The topological polar surface area (TPSA) is 36.9 Å². The van der Waals surface area contributed by atoms with E-state index >= 15 is 0 Å². The van der Waals surface area contributed by atoms with Gasteiger partial charge in [-0.05, 0) is 29.3 Å². The first-order chi connectivity index (χ1) is 12.6. The van der Waals surface area contributed by atoms with E-state index in [1.54, 1.807) is 0 Å². The molecule has 0 bridgehead atoms. The smallest absolute Gasteiger partial charge is 0.231 e. The van der Waals surface area contributed by atoms with Gasteiger partial charge >= 0.3 is 0 Å². The Bertz CT molecular complexity index is 940. The minimum Gasteiger partial charge on any atom is -0.454 e. The highest BCUT2D eigenvalue weighted by atomic mass is 16.7. The van der Waals surface area contributed by atoms with Crippen molar-refractivity contribution < 1.29 is 23.4 Å². The Hall–Kier alpha value is -2.40. The number of nitrogens with zero attached hydrogens (tertiary/aromatic N) is 1. The normalized spacial score (nSPS) is 29.8. The van der Waals surface area contributed by atoms with Crippen LogP contribution in [-0.2, 0) is 13.0 Å².